The molecule has 4 aromatic carbocycles. The summed E-state index contributed by atoms with van der Waals surface area (Å²) in [4.78, 5) is 4.92. The molecule has 0 spiro atoms. The zero-order valence-corrected chi connectivity index (χ0v) is 27.4. The third-order valence-corrected chi connectivity index (χ3v) is 13.5. The largest absolute Gasteiger partial charge is 0.494 e. The SMILES string of the molecule is CC1(C)OB(c2cccc(S(c3ccccc3)(c3ccccc3)c3cccc(B4OC(C)(C)C(C)(C)O4)c3)c2)OC1(C)C. The molecule has 0 aliphatic carbocycles. The summed E-state index contributed by atoms with van der Waals surface area (Å²) >= 11 is 0. The molecule has 0 saturated carbocycles. The number of hydrogen-bond acceptors (Lipinski definition) is 4. The fraction of sp³-hybridized carbons (Fsp3) is 0.333. The Balaban J connectivity index is 1.57. The lowest BCUT2D eigenvalue weighted by Gasteiger charge is -2.42. The van der Waals surface area contributed by atoms with Crippen LogP contribution in [0.1, 0.15) is 55.4 Å². The van der Waals surface area contributed by atoms with Crippen LogP contribution in [0.2, 0.25) is 0 Å². The zero-order chi connectivity index (χ0) is 30.7. The molecule has 0 bridgehead atoms. The molecule has 2 saturated heterocycles. The first-order valence-corrected chi connectivity index (χ1v) is 16.8. The third kappa shape index (κ3) is 5.09. The Morgan fingerprint density at radius 2 is 0.698 bits per heavy atom. The molecule has 4 nitrogen and oxygen atoms in total. The molecule has 2 fully saturated rings. The van der Waals surface area contributed by atoms with Crippen molar-refractivity contribution in [2.24, 2.45) is 0 Å². The van der Waals surface area contributed by atoms with E-state index in [0.717, 1.165) is 10.9 Å². The Hall–Kier alpha value is -2.80. The minimum Gasteiger partial charge on any atom is -0.399 e. The number of benzene rings is 4. The Kier molecular flexibility index (Phi) is 7.51. The van der Waals surface area contributed by atoms with E-state index in [-0.39, 0.29) is 0 Å². The van der Waals surface area contributed by atoms with Gasteiger partial charge in [0.25, 0.3) is 0 Å². The lowest BCUT2D eigenvalue weighted by Crippen LogP contribution is -2.41. The monoisotopic (exact) mass is 592 g/mol. The van der Waals surface area contributed by atoms with E-state index in [4.69, 9.17) is 18.6 Å². The normalized spacial score (nSPS) is 20.7. The topological polar surface area (TPSA) is 36.9 Å². The maximum Gasteiger partial charge on any atom is 0.494 e. The van der Waals surface area contributed by atoms with Crippen molar-refractivity contribution in [2.75, 3.05) is 0 Å². The van der Waals surface area contributed by atoms with Crippen LogP contribution in [0.4, 0.5) is 0 Å². The van der Waals surface area contributed by atoms with Gasteiger partial charge in [-0.25, -0.2) is 0 Å². The Labute approximate surface area is 259 Å². The summed E-state index contributed by atoms with van der Waals surface area (Å²) in [6.07, 6.45) is 0. The number of rotatable bonds is 6. The van der Waals surface area contributed by atoms with Crippen LogP contribution in [0, 0.1) is 0 Å². The van der Waals surface area contributed by atoms with Gasteiger partial charge in [-0.2, -0.15) is 0 Å². The van der Waals surface area contributed by atoms with Gasteiger partial charge in [-0.05, 0) is 115 Å². The molecule has 2 heterocycles. The van der Waals surface area contributed by atoms with Crippen molar-refractivity contribution in [3.05, 3.63) is 109 Å². The standard InChI is InChI=1S/C36H42B2O4S/c1-33(2)34(3,4)40-37(39-33)27-17-15-23-31(25-27)43(29-19-11-9-12-20-29,30-21-13-10-14-22-30)32-24-16-18-28(26-32)38-41-35(5,6)36(7,8)42-38/h9-26H,1-8H3. The molecule has 6 rings (SSSR count). The van der Waals surface area contributed by atoms with Gasteiger partial charge < -0.3 is 18.6 Å². The fourth-order valence-electron chi connectivity index (χ4n) is 5.73. The molecule has 0 atom stereocenters. The maximum absolute atomic E-state index is 6.51. The summed E-state index contributed by atoms with van der Waals surface area (Å²) in [5.74, 6) is 0. The van der Waals surface area contributed by atoms with Crippen molar-refractivity contribution < 1.29 is 18.6 Å². The van der Waals surface area contributed by atoms with E-state index < -0.39 is 46.7 Å². The van der Waals surface area contributed by atoms with E-state index in [1.54, 1.807) is 0 Å². The highest BCUT2D eigenvalue weighted by atomic mass is 32.3. The summed E-state index contributed by atoms with van der Waals surface area (Å²) in [5, 5.41) is 0. The van der Waals surface area contributed by atoms with Gasteiger partial charge >= 0.3 is 14.2 Å². The molecule has 7 heteroatoms. The molecule has 0 radical (unpaired) electrons. The first-order valence-electron chi connectivity index (χ1n) is 15.1. The predicted molar refractivity (Wildman–Crippen MR) is 178 cm³/mol. The summed E-state index contributed by atoms with van der Waals surface area (Å²) in [5.41, 5.74) is 0.340. The van der Waals surface area contributed by atoms with Gasteiger partial charge in [-0.3, -0.25) is 0 Å². The van der Waals surface area contributed by atoms with Gasteiger partial charge in [-0.15, -0.1) is 10.0 Å². The van der Waals surface area contributed by atoms with Crippen LogP contribution >= 0.6 is 10.0 Å². The number of hydrogen-bond donors (Lipinski definition) is 0. The second kappa shape index (κ2) is 10.7. The molecule has 0 unspecified atom stereocenters. The molecular formula is C36H42B2O4S. The lowest BCUT2D eigenvalue weighted by molar-refractivity contribution is 0.00578. The van der Waals surface area contributed by atoms with Crippen molar-refractivity contribution in [3.63, 3.8) is 0 Å². The highest BCUT2D eigenvalue weighted by molar-refractivity contribution is 8.34. The van der Waals surface area contributed by atoms with E-state index in [1.807, 2.05) is 0 Å². The maximum atomic E-state index is 6.51. The molecule has 43 heavy (non-hydrogen) atoms. The van der Waals surface area contributed by atoms with Crippen LogP contribution in [-0.2, 0) is 18.6 Å². The van der Waals surface area contributed by atoms with Gasteiger partial charge in [0.15, 0.2) is 0 Å². The van der Waals surface area contributed by atoms with Crippen molar-refractivity contribution in [3.8, 4) is 0 Å². The van der Waals surface area contributed by atoms with Gasteiger partial charge in [0.05, 0.1) is 22.4 Å². The van der Waals surface area contributed by atoms with Crippen LogP contribution < -0.4 is 10.9 Å². The van der Waals surface area contributed by atoms with Crippen LogP contribution in [0.5, 0.6) is 0 Å². The Morgan fingerprint density at radius 3 is 1.02 bits per heavy atom. The second-order valence-corrected chi connectivity index (χ2v) is 16.7. The zero-order valence-electron chi connectivity index (χ0n) is 26.6. The van der Waals surface area contributed by atoms with Crippen molar-refractivity contribution >= 4 is 35.2 Å². The van der Waals surface area contributed by atoms with Gasteiger partial charge in [0.1, 0.15) is 0 Å². The summed E-state index contributed by atoms with van der Waals surface area (Å²) < 4.78 is 26.1. The molecule has 2 aliphatic heterocycles. The van der Waals surface area contributed by atoms with Gasteiger partial charge in [-0.1, -0.05) is 60.7 Å². The van der Waals surface area contributed by atoms with Crippen LogP contribution in [-0.4, -0.2) is 36.6 Å². The average molecular weight is 592 g/mol. The van der Waals surface area contributed by atoms with Crippen LogP contribution in [0.3, 0.4) is 0 Å². The summed E-state index contributed by atoms with van der Waals surface area (Å²) in [6.45, 7) is 16.8. The molecular weight excluding hydrogens is 550 g/mol. The highest BCUT2D eigenvalue weighted by Crippen LogP contribution is 2.73. The minimum atomic E-state index is -1.95. The van der Waals surface area contributed by atoms with Crippen molar-refractivity contribution in [1.82, 2.24) is 0 Å². The van der Waals surface area contributed by atoms with Crippen LogP contribution in [0.15, 0.2) is 129 Å². The Bertz CT molecular complexity index is 1450. The minimum absolute atomic E-state index is 0.423. The highest BCUT2D eigenvalue weighted by Gasteiger charge is 2.53. The lowest BCUT2D eigenvalue weighted by atomic mass is 9.79. The summed E-state index contributed by atoms with van der Waals surface area (Å²) in [7, 11) is -2.86. The first-order chi connectivity index (χ1) is 20.3. The first kappa shape index (κ1) is 30.2. The Morgan fingerprint density at radius 1 is 0.395 bits per heavy atom. The molecule has 0 N–H and O–H groups in total. The second-order valence-electron chi connectivity index (χ2n) is 13.6. The summed E-state index contributed by atoms with van der Waals surface area (Å²) in [6, 6.07) is 39.3. The van der Waals surface area contributed by atoms with Gasteiger partial charge in [0, 0.05) is 19.6 Å². The van der Waals surface area contributed by atoms with E-state index in [1.165, 1.54) is 19.6 Å². The quantitative estimate of drug-likeness (QED) is 0.216. The smallest absolute Gasteiger partial charge is 0.399 e. The molecule has 4 aromatic rings. The average Bonchev–Trinajstić information content (AvgIpc) is 3.34. The van der Waals surface area contributed by atoms with Gasteiger partial charge in [0.2, 0.25) is 0 Å². The molecule has 0 aromatic heterocycles. The van der Waals surface area contributed by atoms with E-state index in [9.17, 15) is 0 Å². The van der Waals surface area contributed by atoms with Crippen LogP contribution in [0.25, 0.3) is 0 Å². The molecule has 0 amide bonds. The van der Waals surface area contributed by atoms with E-state index in [0.29, 0.717) is 0 Å². The van der Waals surface area contributed by atoms with Crippen molar-refractivity contribution in [2.45, 2.75) is 97.4 Å². The molecule has 222 valence electrons. The van der Waals surface area contributed by atoms with E-state index >= 15 is 0 Å². The fourth-order valence-corrected chi connectivity index (χ4v) is 9.68. The predicted octanol–water partition coefficient (Wildman–Crippen LogP) is 7.63. The third-order valence-electron chi connectivity index (χ3n) is 9.67. The molecule has 2 aliphatic rings. The van der Waals surface area contributed by atoms with E-state index in [2.05, 4.69) is 165 Å². The van der Waals surface area contributed by atoms with Crippen molar-refractivity contribution in [1.29, 1.82) is 0 Å².